The Balaban J connectivity index is 1.76. The third kappa shape index (κ3) is 3.45. The minimum absolute atomic E-state index is 0.0463. The molecular formula is C22H26FN3O3. The van der Waals surface area contributed by atoms with Gasteiger partial charge in [0.1, 0.15) is 11.9 Å². The average Bonchev–Trinajstić information content (AvgIpc) is 3.25. The number of phenolic OH excluding ortho intramolecular Hbond substituents is 1. The Labute approximate surface area is 169 Å². The van der Waals surface area contributed by atoms with Crippen molar-refractivity contribution in [2.45, 2.75) is 38.4 Å². The zero-order valence-corrected chi connectivity index (χ0v) is 16.6. The molecule has 0 saturated carbocycles. The van der Waals surface area contributed by atoms with Crippen molar-refractivity contribution in [3.63, 3.8) is 0 Å². The van der Waals surface area contributed by atoms with E-state index < -0.39 is 0 Å². The van der Waals surface area contributed by atoms with Gasteiger partial charge in [-0.25, -0.2) is 15.2 Å². The van der Waals surface area contributed by atoms with Gasteiger partial charge in [-0.2, -0.15) is 0 Å². The van der Waals surface area contributed by atoms with Crippen LogP contribution in [-0.2, 0) is 4.79 Å². The zero-order valence-electron chi connectivity index (χ0n) is 16.6. The molecule has 4 rings (SSSR count). The summed E-state index contributed by atoms with van der Waals surface area (Å²) >= 11 is 0. The highest BCUT2D eigenvalue weighted by Gasteiger charge is 2.55. The molecular weight excluding hydrogens is 373 g/mol. The number of rotatable bonds is 6. The van der Waals surface area contributed by atoms with Crippen molar-refractivity contribution in [1.29, 1.82) is 0 Å². The van der Waals surface area contributed by atoms with Crippen molar-refractivity contribution < 1.29 is 19.0 Å². The lowest BCUT2D eigenvalue weighted by Gasteiger charge is -2.31. The molecule has 6 nitrogen and oxygen atoms in total. The van der Waals surface area contributed by atoms with Crippen LogP contribution in [-0.4, -0.2) is 35.1 Å². The number of likely N-dealkylation sites (tertiary alicyclic amines) is 1. The molecule has 29 heavy (non-hydrogen) atoms. The Bertz CT molecular complexity index is 889. The van der Waals surface area contributed by atoms with Gasteiger partial charge >= 0.3 is 0 Å². The number of fused-ring (bicyclic) bond motifs is 1. The Morgan fingerprint density at radius 3 is 2.45 bits per heavy atom. The average molecular weight is 399 g/mol. The predicted octanol–water partition coefficient (Wildman–Crippen LogP) is 3.06. The summed E-state index contributed by atoms with van der Waals surface area (Å²) in [6.07, 6.45) is 0.840. The normalized spacial score (nSPS) is 26.0. The topological polar surface area (TPSA) is 73.8 Å². The zero-order chi connectivity index (χ0) is 20.5. The van der Waals surface area contributed by atoms with E-state index in [1.165, 1.54) is 12.1 Å². The molecule has 0 aliphatic carbocycles. The highest BCUT2D eigenvalue weighted by Crippen LogP contribution is 2.48. The van der Waals surface area contributed by atoms with Gasteiger partial charge < -0.3 is 14.7 Å². The molecule has 2 aromatic rings. The van der Waals surface area contributed by atoms with Crippen molar-refractivity contribution in [2.24, 2.45) is 5.92 Å². The van der Waals surface area contributed by atoms with Crippen molar-refractivity contribution in [3.05, 3.63) is 59.4 Å². The van der Waals surface area contributed by atoms with Gasteiger partial charge in [0.05, 0.1) is 18.7 Å². The lowest BCUT2D eigenvalue weighted by molar-refractivity contribution is -0.130. The molecule has 3 N–H and O–H groups in total. The molecule has 2 aliphatic heterocycles. The van der Waals surface area contributed by atoms with Crippen LogP contribution >= 0.6 is 0 Å². The number of phenols is 1. The smallest absolute Gasteiger partial charge is 0.242 e. The van der Waals surface area contributed by atoms with Crippen LogP contribution in [0.5, 0.6) is 11.5 Å². The fourth-order valence-electron chi connectivity index (χ4n) is 4.53. The minimum atomic E-state index is -0.369. The third-order valence-corrected chi connectivity index (χ3v) is 5.73. The number of halogens is 1. The van der Waals surface area contributed by atoms with E-state index in [4.69, 9.17) is 4.74 Å². The summed E-state index contributed by atoms with van der Waals surface area (Å²) < 4.78 is 19.0. The number of aromatic hydroxyl groups is 1. The molecule has 2 aliphatic rings. The van der Waals surface area contributed by atoms with Crippen LogP contribution in [0.2, 0.25) is 0 Å². The monoisotopic (exact) mass is 399 g/mol. The molecule has 7 heteroatoms. The Morgan fingerprint density at radius 2 is 1.76 bits per heavy atom. The van der Waals surface area contributed by atoms with Crippen molar-refractivity contribution >= 4 is 5.91 Å². The van der Waals surface area contributed by atoms with Crippen LogP contribution in [0.4, 0.5) is 4.39 Å². The molecule has 4 unspecified atom stereocenters. The number of hydrogen-bond donors (Lipinski definition) is 3. The minimum Gasteiger partial charge on any atom is -0.504 e. The second-order valence-electron chi connectivity index (χ2n) is 7.51. The van der Waals surface area contributed by atoms with Crippen molar-refractivity contribution in [2.75, 3.05) is 13.2 Å². The lowest BCUT2D eigenvalue weighted by Crippen LogP contribution is -2.41. The van der Waals surface area contributed by atoms with E-state index in [9.17, 15) is 14.3 Å². The number of nitrogens with one attached hydrogen (secondary N) is 2. The van der Waals surface area contributed by atoms with Crippen LogP contribution in [0.25, 0.3) is 0 Å². The van der Waals surface area contributed by atoms with Gasteiger partial charge in [0.25, 0.3) is 0 Å². The number of amides is 1. The molecule has 0 aromatic heterocycles. The highest BCUT2D eigenvalue weighted by molar-refractivity contribution is 5.86. The molecule has 2 fully saturated rings. The van der Waals surface area contributed by atoms with E-state index in [1.807, 2.05) is 30.9 Å². The number of benzene rings is 2. The molecule has 0 bridgehead atoms. The Kier molecular flexibility index (Phi) is 5.43. The first-order valence-electron chi connectivity index (χ1n) is 10.1. The van der Waals surface area contributed by atoms with Gasteiger partial charge in [0.15, 0.2) is 11.5 Å². The number of hydrazine groups is 1. The number of carbonyl (C=O) groups excluding carboxylic acids is 1. The van der Waals surface area contributed by atoms with Crippen LogP contribution in [0.1, 0.15) is 43.5 Å². The quantitative estimate of drug-likeness (QED) is 0.696. The SMILES string of the molecule is CCCN1C(=O)C2NNC(c3ccc(F)cc3)C2C1c1ccc(O)c(OCC)c1. The molecule has 0 radical (unpaired) electrons. The molecule has 1 amide bonds. The number of ether oxygens (including phenoxy) is 1. The largest absolute Gasteiger partial charge is 0.504 e. The maximum Gasteiger partial charge on any atom is 0.242 e. The second kappa shape index (κ2) is 8.00. The summed E-state index contributed by atoms with van der Waals surface area (Å²) in [6.45, 7) is 4.98. The van der Waals surface area contributed by atoms with Crippen molar-refractivity contribution in [3.8, 4) is 11.5 Å². The third-order valence-electron chi connectivity index (χ3n) is 5.73. The Hall–Kier alpha value is -2.64. The van der Waals surface area contributed by atoms with E-state index in [0.717, 1.165) is 17.5 Å². The summed E-state index contributed by atoms with van der Waals surface area (Å²) in [4.78, 5) is 15.1. The fourth-order valence-corrected chi connectivity index (χ4v) is 4.53. The molecule has 2 saturated heterocycles. The van der Waals surface area contributed by atoms with E-state index in [1.54, 1.807) is 18.2 Å². The first kappa shape index (κ1) is 19.7. The maximum atomic E-state index is 13.4. The van der Waals surface area contributed by atoms with E-state index in [2.05, 4.69) is 10.9 Å². The maximum absolute atomic E-state index is 13.4. The van der Waals surface area contributed by atoms with Gasteiger partial charge in [-0.3, -0.25) is 4.79 Å². The standard InChI is InChI=1S/C22H26FN3O3/c1-3-11-26-21(14-7-10-16(27)17(12-14)29-4-2)18-19(24-25-20(18)22(26)28)13-5-8-15(23)9-6-13/h5-10,12,18-21,24-25,27H,3-4,11H2,1-2H3. The first-order valence-corrected chi connectivity index (χ1v) is 10.1. The molecule has 4 atom stereocenters. The summed E-state index contributed by atoms with van der Waals surface area (Å²) in [5.74, 6) is 0.164. The predicted molar refractivity (Wildman–Crippen MR) is 107 cm³/mol. The van der Waals surface area contributed by atoms with E-state index in [-0.39, 0.29) is 41.5 Å². The molecule has 0 spiro atoms. The van der Waals surface area contributed by atoms with Crippen LogP contribution in [0.3, 0.4) is 0 Å². The number of hydrogen-bond acceptors (Lipinski definition) is 5. The summed E-state index contributed by atoms with van der Waals surface area (Å²) in [7, 11) is 0. The molecule has 154 valence electrons. The number of carbonyl (C=O) groups is 1. The van der Waals surface area contributed by atoms with Crippen LogP contribution in [0.15, 0.2) is 42.5 Å². The van der Waals surface area contributed by atoms with Gasteiger partial charge in [0.2, 0.25) is 5.91 Å². The van der Waals surface area contributed by atoms with E-state index >= 15 is 0 Å². The summed E-state index contributed by atoms with van der Waals surface area (Å²) in [6, 6.07) is 11.0. The fraction of sp³-hybridized carbons (Fsp3) is 0.409. The highest BCUT2D eigenvalue weighted by atomic mass is 19.1. The van der Waals surface area contributed by atoms with E-state index in [0.29, 0.717) is 18.9 Å². The second-order valence-corrected chi connectivity index (χ2v) is 7.51. The van der Waals surface area contributed by atoms with Crippen LogP contribution < -0.4 is 15.6 Å². The Morgan fingerprint density at radius 1 is 1.07 bits per heavy atom. The summed E-state index contributed by atoms with van der Waals surface area (Å²) in [5, 5.41) is 10.1. The van der Waals surface area contributed by atoms with Crippen molar-refractivity contribution in [1.82, 2.24) is 15.8 Å². The molecule has 2 heterocycles. The van der Waals surface area contributed by atoms with Gasteiger partial charge in [0, 0.05) is 12.5 Å². The van der Waals surface area contributed by atoms with Gasteiger partial charge in [-0.1, -0.05) is 25.1 Å². The van der Waals surface area contributed by atoms with Crippen LogP contribution in [0, 0.1) is 11.7 Å². The summed E-state index contributed by atoms with van der Waals surface area (Å²) in [5.41, 5.74) is 8.23. The van der Waals surface area contributed by atoms with Gasteiger partial charge in [-0.05, 0) is 48.7 Å². The first-order chi connectivity index (χ1) is 14.0. The lowest BCUT2D eigenvalue weighted by atomic mass is 9.83. The van der Waals surface area contributed by atoms with Gasteiger partial charge in [-0.15, -0.1) is 0 Å². The molecule has 2 aromatic carbocycles. The number of nitrogens with zero attached hydrogens (tertiary/aromatic N) is 1.